The number of aryl methyl sites for hydroxylation is 1. The Bertz CT molecular complexity index is 2350. The molecule has 1 amide bonds. The molecule has 6 rings (SSSR count). The van der Waals surface area contributed by atoms with Gasteiger partial charge in [0, 0.05) is 54.8 Å². The minimum atomic E-state index is -0.295. The highest BCUT2D eigenvalue weighted by atomic mass is 16.5. The molecule has 4 aliphatic heterocycles. The molecule has 0 fully saturated rings. The lowest BCUT2D eigenvalue weighted by Gasteiger charge is -2.09. The largest absolute Gasteiger partial charge is 0.512 e. The van der Waals surface area contributed by atoms with Gasteiger partial charge in [0.25, 0.3) is 0 Å². The van der Waals surface area contributed by atoms with Crippen LogP contribution in [0.15, 0.2) is 96.4 Å². The minimum absolute atomic E-state index is 0.0555. The van der Waals surface area contributed by atoms with Crippen molar-refractivity contribution in [3.8, 4) is 0 Å². The van der Waals surface area contributed by atoms with E-state index >= 15 is 0 Å². The maximum atomic E-state index is 13.1. The van der Waals surface area contributed by atoms with Crippen LogP contribution in [0.25, 0.3) is 17.9 Å². The molecule has 0 aromatic carbocycles. The summed E-state index contributed by atoms with van der Waals surface area (Å²) in [5.41, 5.74) is 10.1. The molecule has 12 nitrogen and oxygen atoms in total. The molecule has 0 spiro atoms. The lowest BCUT2D eigenvalue weighted by atomic mass is 9.96. The number of nitrogens with one attached hydrogen (secondary N) is 2. The lowest BCUT2D eigenvalue weighted by molar-refractivity contribution is -0.143. The van der Waals surface area contributed by atoms with Gasteiger partial charge >= 0.3 is 5.97 Å². The van der Waals surface area contributed by atoms with E-state index in [0.717, 1.165) is 46.4 Å². The number of H-pyrrole nitrogens is 1. The van der Waals surface area contributed by atoms with E-state index in [1.807, 2.05) is 62.8 Å². The van der Waals surface area contributed by atoms with Crippen molar-refractivity contribution in [3.63, 3.8) is 0 Å². The number of carbonyl (C=O) groups is 3. The van der Waals surface area contributed by atoms with E-state index in [9.17, 15) is 19.5 Å². The number of aliphatic hydroxyl groups is 1. The summed E-state index contributed by atoms with van der Waals surface area (Å²) in [7, 11) is 0. The fraction of sp³-hybridized carbons (Fsp3) is 0.357. The van der Waals surface area contributed by atoms with Gasteiger partial charge in [-0.25, -0.2) is 20.0 Å². The Kier molecular flexibility index (Phi) is 11.2. The van der Waals surface area contributed by atoms with Crippen molar-refractivity contribution >= 4 is 52.7 Å². The molecule has 0 unspecified atom stereocenters. The highest BCUT2D eigenvalue weighted by Crippen LogP contribution is 2.36. The minimum Gasteiger partial charge on any atom is -0.512 e. The summed E-state index contributed by atoms with van der Waals surface area (Å²) in [4.78, 5) is 61.2. The molecule has 6 heterocycles. The number of imidazole rings is 1. The Morgan fingerprint density at radius 1 is 0.852 bits per heavy atom. The fourth-order valence-electron chi connectivity index (χ4n) is 7.27. The normalized spacial score (nSPS) is 17.1. The predicted molar refractivity (Wildman–Crippen MR) is 211 cm³/mol. The van der Waals surface area contributed by atoms with Crippen LogP contribution < -0.4 is 15.9 Å². The highest BCUT2D eigenvalue weighted by Gasteiger charge is 2.28. The number of ketones is 1. The van der Waals surface area contributed by atoms with Crippen molar-refractivity contribution < 1.29 is 24.2 Å². The Balaban J connectivity index is 1.45. The molecular weight excluding hydrogens is 683 g/mol. The number of rotatable bonds is 12. The van der Waals surface area contributed by atoms with Gasteiger partial charge in [-0.1, -0.05) is 0 Å². The molecular formula is C42H47N7O5. The van der Waals surface area contributed by atoms with Crippen molar-refractivity contribution in [3.05, 3.63) is 103 Å². The highest BCUT2D eigenvalue weighted by molar-refractivity contribution is 6.24. The van der Waals surface area contributed by atoms with Crippen molar-refractivity contribution in [1.82, 2.24) is 19.9 Å². The average Bonchev–Trinajstić information content (AvgIpc) is 3.92. The van der Waals surface area contributed by atoms with Crippen molar-refractivity contribution in [2.75, 3.05) is 13.2 Å². The van der Waals surface area contributed by atoms with Gasteiger partial charge in [0.15, 0.2) is 5.78 Å². The number of aromatic nitrogens is 3. The molecule has 2 aromatic rings. The van der Waals surface area contributed by atoms with E-state index in [0.29, 0.717) is 82.1 Å². The Labute approximate surface area is 314 Å². The molecule has 0 saturated heterocycles. The van der Waals surface area contributed by atoms with Crippen molar-refractivity contribution in [1.29, 1.82) is 0 Å². The number of aliphatic imine (C=N–C) groups is 3. The second-order valence-corrected chi connectivity index (χ2v) is 13.8. The van der Waals surface area contributed by atoms with E-state index in [4.69, 9.17) is 19.7 Å². The van der Waals surface area contributed by atoms with E-state index in [1.54, 1.807) is 26.4 Å². The van der Waals surface area contributed by atoms with Gasteiger partial charge in [0.2, 0.25) is 5.91 Å². The van der Waals surface area contributed by atoms with E-state index in [-0.39, 0.29) is 36.3 Å². The van der Waals surface area contributed by atoms with Gasteiger partial charge in [-0.15, -0.1) is 0 Å². The molecule has 12 heteroatoms. The number of allylic oxidation sites excluding steroid dienone is 8. The second kappa shape index (κ2) is 16.0. The maximum absolute atomic E-state index is 13.1. The monoisotopic (exact) mass is 729 g/mol. The van der Waals surface area contributed by atoms with Crippen LogP contribution in [0.1, 0.15) is 84.9 Å². The lowest BCUT2D eigenvalue weighted by Crippen LogP contribution is -2.27. The Morgan fingerprint density at radius 2 is 1.56 bits per heavy atom. The maximum Gasteiger partial charge on any atom is 0.306 e. The van der Waals surface area contributed by atoms with Crippen LogP contribution in [-0.4, -0.2) is 67.6 Å². The Morgan fingerprint density at radius 3 is 2.26 bits per heavy atom. The molecule has 3 N–H and O–H groups in total. The first kappa shape index (κ1) is 37.8. The van der Waals surface area contributed by atoms with E-state index in [1.165, 1.54) is 6.92 Å². The average molecular weight is 730 g/mol. The summed E-state index contributed by atoms with van der Waals surface area (Å²) in [6, 6.07) is 0. The van der Waals surface area contributed by atoms with Crippen molar-refractivity contribution in [2.24, 2.45) is 15.0 Å². The summed E-state index contributed by atoms with van der Waals surface area (Å²) < 4.78 is 7.23. The number of Topliss-reactive ketones (excluding diaryl/α,β-unsaturated/α-hetero) is 1. The number of esters is 1. The third-order valence-electron chi connectivity index (χ3n) is 10.1. The number of hydrogen-bond donors (Lipinski definition) is 3. The van der Waals surface area contributed by atoms with Gasteiger partial charge in [0.05, 0.1) is 58.3 Å². The number of fused-ring (bicyclic) bond motifs is 5. The van der Waals surface area contributed by atoms with Crippen LogP contribution in [-0.2, 0) is 25.7 Å². The molecule has 280 valence electrons. The van der Waals surface area contributed by atoms with E-state index < -0.39 is 0 Å². The molecule has 8 bridgehead atoms. The number of nitrogens with zero attached hydrogens (tertiary/aromatic N) is 5. The molecule has 0 aliphatic carbocycles. The number of amides is 1. The van der Waals surface area contributed by atoms with Crippen molar-refractivity contribution in [2.45, 2.75) is 87.1 Å². The van der Waals surface area contributed by atoms with Crippen LogP contribution in [0, 0.1) is 6.92 Å². The van der Waals surface area contributed by atoms with Crippen LogP contribution in [0.3, 0.4) is 0 Å². The van der Waals surface area contributed by atoms with E-state index in [2.05, 4.69) is 15.3 Å². The summed E-state index contributed by atoms with van der Waals surface area (Å²) in [5, 5.41) is 15.2. The first-order valence-corrected chi connectivity index (χ1v) is 18.4. The summed E-state index contributed by atoms with van der Waals surface area (Å²) in [5.74, 6) is -0.326. The summed E-state index contributed by atoms with van der Waals surface area (Å²) >= 11 is 0. The third-order valence-corrected chi connectivity index (χ3v) is 10.1. The van der Waals surface area contributed by atoms with Gasteiger partial charge < -0.3 is 24.7 Å². The fourth-order valence-corrected chi connectivity index (χ4v) is 7.27. The molecule has 0 atom stereocenters. The number of aliphatic hydroxyl groups excluding tert-OH is 1. The SMILES string of the molecule is CCOC(=O)CCC1=C(C)C2=CC3=NC(=Cc4[nH]c(/c(=C(\C)O)c4C)=CC4=NC(=CC1=N2)C(CCC(=O)NCCCn1ccnc1)=C4C)C(C(C)=O)=C3C. The van der Waals surface area contributed by atoms with Crippen LogP contribution in [0.2, 0.25) is 0 Å². The van der Waals surface area contributed by atoms with Gasteiger partial charge in [-0.3, -0.25) is 14.4 Å². The quantitative estimate of drug-likeness (QED) is 0.197. The van der Waals surface area contributed by atoms with Gasteiger partial charge in [-0.05, 0) is 125 Å². The van der Waals surface area contributed by atoms with Crippen LogP contribution >= 0.6 is 0 Å². The zero-order chi connectivity index (χ0) is 38.7. The molecule has 4 aliphatic rings. The van der Waals surface area contributed by atoms with Gasteiger partial charge in [-0.2, -0.15) is 0 Å². The zero-order valence-electron chi connectivity index (χ0n) is 32.0. The standard InChI is InChI=1S/C42H47N7O5/c1-8-54-40(53)13-11-30-24(3)31-18-33-25(4)41(27(6)50)38(47-33)20-34-26(5)42(28(7)51)37(48-34)19-32-23(2)29(35(46-32)21-36(30)45-31)10-12-39(52)44-14-9-16-49-17-15-43-22-49/h15,17-22,48,51H,8-14,16H2,1-7H3,(H,44,52)/b31-18?,35-21?,37-19?,38-20?,42-28+. The predicted octanol–water partition coefficient (Wildman–Crippen LogP) is 5.34. The Hall–Kier alpha value is -5.91. The topological polar surface area (TPSA) is 163 Å². The third kappa shape index (κ3) is 7.87. The molecule has 54 heavy (non-hydrogen) atoms. The molecule has 0 radical (unpaired) electrons. The smallest absolute Gasteiger partial charge is 0.306 e. The number of ether oxygens (including phenoxy) is 1. The molecule has 0 saturated carbocycles. The molecule has 2 aromatic heterocycles. The van der Waals surface area contributed by atoms with Crippen LogP contribution in [0.5, 0.6) is 0 Å². The number of aromatic amines is 1. The first-order chi connectivity index (χ1) is 25.9. The second-order valence-electron chi connectivity index (χ2n) is 13.8. The summed E-state index contributed by atoms with van der Waals surface area (Å²) in [6.45, 7) is 14.3. The number of hydrogen-bond acceptors (Lipinski definition) is 9. The zero-order valence-corrected chi connectivity index (χ0v) is 32.0. The van der Waals surface area contributed by atoms with Crippen LogP contribution in [0.4, 0.5) is 0 Å². The van der Waals surface area contributed by atoms with Gasteiger partial charge in [0.1, 0.15) is 0 Å². The first-order valence-electron chi connectivity index (χ1n) is 18.4. The number of carbonyl (C=O) groups excluding carboxylic acids is 3. The summed E-state index contributed by atoms with van der Waals surface area (Å²) in [6.07, 6.45) is 15.0.